The van der Waals surface area contributed by atoms with Crippen molar-refractivity contribution in [2.75, 3.05) is 0 Å². The molecule has 2 saturated carbocycles. The van der Waals surface area contributed by atoms with Gasteiger partial charge in [-0.15, -0.1) is 0 Å². The van der Waals surface area contributed by atoms with Crippen LogP contribution < -0.4 is 5.73 Å². The molecular formula is C8H13NO. The Hall–Kier alpha value is -0.370. The summed E-state index contributed by atoms with van der Waals surface area (Å²) in [5, 5.41) is 0. The standard InChI is InChI=1S/C8H13NO/c9-8(6-10)4-7(5-8)2-1-3-7/h6H,1-5,9H2. The molecule has 2 aliphatic rings. The Balaban J connectivity index is 1.98. The molecule has 56 valence electrons. The molecule has 0 radical (unpaired) electrons. The number of aldehydes is 1. The molecule has 0 amide bonds. The zero-order chi connectivity index (χ0) is 7.24. The van der Waals surface area contributed by atoms with Crippen molar-refractivity contribution in [3.05, 3.63) is 0 Å². The Kier molecular flexibility index (Phi) is 1.03. The van der Waals surface area contributed by atoms with Gasteiger partial charge < -0.3 is 10.5 Å². The van der Waals surface area contributed by atoms with Gasteiger partial charge in [-0.2, -0.15) is 0 Å². The van der Waals surface area contributed by atoms with E-state index in [9.17, 15) is 4.79 Å². The van der Waals surface area contributed by atoms with Crippen LogP contribution in [0.25, 0.3) is 0 Å². The maximum absolute atomic E-state index is 10.4. The fourth-order valence-electron chi connectivity index (χ4n) is 2.46. The van der Waals surface area contributed by atoms with Gasteiger partial charge in [0.2, 0.25) is 0 Å². The first-order chi connectivity index (χ1) is 4.68. The second kappa shape index (κ2) is 1.62. The molecule has 0 heterocycles. The van der Waals surface area contributed by atoms with Crippen molar-refractivity contribution >= 4 is 6.29 Å². The third-order valence-corrected chi connectivity index (χ3v) is 3.06. The lowest BCUT2D eigenvalue weighted by Gasteiger charge is -2.57. The maximum atomic E-state index is 10.4. The van der Waals surface area contributed by atoms with Crippen LogP contribution in [-0.4, -0.2) is 11.8 Å². The molecule has 0 saturated heterocycles. The van der Waals surface area contributed by atoms with Gasteiger partial charge in [-0.3, -0.25) is 0 Å². The van der Waals surface area contributed by atoms with Crippen LogP contribution in [0.1, 0.15) is 32.1 Å². The maximum Gasteiger partial charge on any atom is 0.139 e. The van der Waals surface area contributed by atoms with Crippen molar-refractivity contribution in [3.8, 4) is 0 Å². The van der Waals surface area contributed by atoms with E-state index in [4.69, 9.17) is 5.73 Å². The van der Waals surface area contributed by atoms with Gasteiger partial charge in [-0.25, -0.2) is 0 Å². The zero-order valence-electron chi connectivity index (χ0n) is 6.10. The Morgan fingerprint density at radius 3 is 2.20 bits per heavy atom. The van der Waals surface area contributed by atoms with Gasteiger partial charge in [0.15, 0.2) is 0 Å². The molecule has 0 bridgehead atoms. The van der Waals surface area contributed by atoms with Gasteiger partial charge >= 0.3 is 0 Å². The van der Waals surface area contributed by atoms with E-state index in [1.165, 1.54) is 19.3 Å². The van der Waals surface area contributed by atoms with E-state index in [0.717, 1.165) is 19.1 Å². The van der Waals surface area contributed by atoms with Crippen molar-refractivity contribution in [1.82, 2.24) is 0 Å². The van der Waals surface area contributed by atoms with Crippen LogP contribution in [0.5, 0.6) is 0 Å². The van der Waals surface area contributed by atoms with E-state index < -0.39 is 5.54 Å². The monoisotopic (exact) mass is 139 g/mol. The normalized spacial score (nSPS) is 32.5. The first-order valence-corrected chi connectivity index (χ1v) is 3.93. The fraction of sp³-hybridized carbons (Fsp3) is 0.875. The molecule has 2 aliphatic carbocycles. The Morgan fingerprint density at radius 1 is 1.30 bits per heavy atom. The summed E-state index contributed by atoms with van der Waals surface area (Å²) in [5.41, 5.74) is 5.81. The van der Waals surface area contributed by atoms with E-state index in [2.05, 4.69) is 0 Å². The zero-order valence-corrected chi connectivity index (χ0v) is 6.10. The first kappa shape index (κ1) is 6.35. The summed E-state index contributed by atoms with van der Waals surface area (Å²) in [6, 6.07) is 0. The van der Waals surface area contributed by atoms with Crippen molar-refractivity contribution in [2.45, 2.75) is 37.6 Å². The Morgan fingerprint density at radius 2 is 1.90 bits per heavy atom. The van der Waals surface area contributed by atoms with Crippen molar-refractivity contribution in [3.63, 3.8) is 0 Å². The fourth-order valence-corrected chi connectivity index (χ4v) is 2.46. The lowest BCUT2D eigenvalue weighted by Crippen LogP contribution is -2.61. The SMILES string of the molecule is NC1(C=O)CC2(CCC2)C1. The summed E-state index contributed by atoms with van der Waals surface area (Å²) < 4.78 is 0. The van der Waals surface area contributed by atoms with Crippen molar-refractivity contribution < 1.29 is 4.79 Å². The minimum absolute atomic E-state index is 0.430. The minimum atomic E-state index is -0.430. The lowest BCUT2D eigenvalue weighted by atomic mass is 9.49. The molecule has 10 heavy (non-hydrogen) atoms. The average molecular weight is 139 g/mol. The molecule has 0 aliphatic heterocycles. The van der Waals surface area contributed by atoms with Gasteiger partial charge in [0.05, 0.1) is 5.54 Å². The van der Waals surface area contributed by atoms with E-state index in [1.807, 2.05) is 0 Å². The smallest absolute Gasteiger partial charge is 0.139 e. The predicted molar refractivity (Wildman–Crippen MR) is 38.5 cm³/mol. The summed E-state index contributed by atoms with van der Waals surface area (Å²) in [7, 11) is 0. The number of hydrogen-bond donors (Lipinski definition) is 1. The van der Waals surface area contributed by atoms with Crippen LogP contribution in [0.2, 0.25) is 0 Å². The summed E-state index contributed by atoms with van der Waals surface area (Å²) >= 11 is 0. The van der Waals surface area contributed by atoms with Gasteiger partial charge in [0.1, 0.15) is 6.29 Å². The van der Waals surface area contributed by atoms with Crippen molar-refractivity contribution in [2.24, 2.45) is 11.1 Å². The third-order valence-electron chi connectivity index (χ3n) is 3.06. The van der Waals surface area contributed by atoms with Gasteiger partial charge in [-0.05, 0) is 31.1 Å². The van der Waals surface area contributed by atoms with E-state index in [1.54, 1.807) is 0 Å². The van der Waals surface area contributed by atoms with Crippen LogP contribution in [0, 0.1) is 5.41 Å². The molecule has 1 spiro atoms. The predicted octanol–water partition coefficient (Wildman–Crippen LogP) is 0.847. The summed E-state index contributed by atoms with van der Waals surface area (Å²) in [4.78, 5) is 10.4. The molecular weight excluding hydrogens is 126 g/mol. The largest absolute Gasteiger partial charge is 0.319 e. The highest BCUT2D eigenvalue weighted by Crippen LogP contribution is 2.58. The highest BCUT2D eigenvalue weighted by Gasteiger charge is 2.55. The number of rotatable bonds is 1. The Bertz CT molecular complexity index is 164. The Labute approximate surface area is 60.8 Å². The topological polar surface area (TPSA) is 43.1 Å². The molecule has 2 N–H and O–H groups in total. The second-order valence-electron chi connectivity index (χ2n) is 4.06. The quantitative estimate of drug-likeness (QED) is 0.547. The number of carbonyl (C=O) groups is 1. The van der Waals surface area contributed by atoms with Gasteiger partial charge in [0.25, 0.3) is 0 Å². The third kappa shape index (κ3) is 0.655. The summed E-state index contributed by atoms with van der Waals surface area (Å²) in [6.45, 7) is 0. The van der Waals surface area contributed by atoms with Gasteiger partial charge in [0, 0.05) is 0 Å². The van der Waals surface area contributed by atoms with Crippen molar-refractivity contribution in [1.29, 1.82) is 0 Å². The molecule has 2 rings (SSSR count). The second-order valence-corrected chi connectivity index (χ2v) is 4.06. The van der Waals surface area contributed by atoms with E-state index in [0.29, 0.717) is 5.41 Å². The van der Waals surface area contributed by atoms with E-state index >= 15 is 0 Å². The van der Waals surface area contributed by atoms with Crippen LogP contribution >= 0.6 is 0 Å². The molecule has 0 aromatic heterocycles. The molecule has 2 heteroatoms. The number of hydrogen-bond acceptors (Lipinski definition) is 2. The highest BCUT2D eigenvalue weighted by atomic mass is 16.1. The van der Waals surface area contributed by atoms with Crippen LogP contribution in [0.3, 0.4) is 0 Å². The van der Waals surface area contributed by atoms with Crippen LogP contribution in [0.4, 0.5) is 0 Å². The molecule has 2 nitrogen and oxygen atoms in total. The molecule has 0 unspecified atom stereocenters. The summed E-state index contributed by atoms with van der Waals surface area (Å²) in [6.07, 6.45) is 6.78. The van der Waals surface area contributed by atoms with E-state index in [-0.39, 0.29) is 0 Å². The number of carbonyl (C=O) groups excluding carboxylic acids is 1. The van der Waals surface area contributed by atoms with Crippen LogP contribution in [-0.2, 0) is 4.79 Å². The number of nitrogens with two attached hydrogens (primary N) is 1. The van der Waals surface area contributed by atoms with Crippen LogP contribution in [0.15, 0.2) is 0 Å². The first-order valence-electron chi connectivity index (χ1n) is 3.93. The van der Waals surface area contributed by atoms with Gasteiger partial charge in [-0.1, -0.05) is 6.42 Å². The molecule has 0 aromatic carbocycles. The molecule has 0 aromatic rings. The molecule has 2 fully saturated rings. The highest BCUT2D eigenvalue weighted by molar-refractivity contribution is 5.66. The average Bonchev–Trinajstić information content (AvgIpc) is 1.77. The summed E-state index contributed by atoms with van der Waals surface area (Å²) in [5.74, 6) is 0. The lowest BCUT2D eigenvalue weighted by molar-refractivity contribution is -0.125. The molecule has 0 atom stereocenters. The minimum Gasteiger partial charge on any atom is -0.319 e.